The standard InChI is InChI=1S/C33H52O6/c1-5-31(6-2)22-35-33(36-23-31)37-24-32(7-3,25-38-33)21-34-19-11-17-30(4,27-12-9-8-10-13-27)18-16-26-14-15-28-29(20-26)39-28/h8-10,12-13,26,28-29H,5-7,11,14-25H2,1-4H3. The molecule has 1 saturated carbocycles. The van der Waals surface area contributed by atoms with Crippen LogP contribution >= 0.6 is 0 Å². The van der Waals surface area contributed by atoms with Crippen LogP contribution in [0.15, 0.2) is 30.3 Å². The lowest BCUT2D eigenvalue weighted by Gasteiger charge is -2.49. The second-order valence-electron chi connectivity index (χ2n) is 13.2. The Morgan fingerprint density at radius 1 is 0.821 bits per heavy atom. The maximum Gasteiger partial charge on any atom is 0.412 e. The van der Waals surface area contributed by atoms with E-state index in [0.717, 1.165) is 44.6 Å². The zero-order valence-electron chi connectivity index (χ0n) is 24.9. The van der Waals surface area contributed by atoms with Crippen molar-refractivity contribution in [2.45, 2.75) is 116 Å². The lowest BCUT2D eigenvalue weighted by Crippen LogP contribution is -2.58. The van der Waals surface area contributed by atoms with Crippen molar-refractivity contribution in [2.24, 2.45) is 16.7 Å². The van der Waals surface area contributed by atoms with Crippen LogP contribution in [0.3, 0.4) is 0 Å². The van der Waals surface area contributed by atoms with Crippen LogP contribution in [0.25, 0.3) is 0 Å². The third-order valence-electron chi connectivity index (χ3n) is 10.6. The molecule has 1 aromatic carbocycles. The number of benzene rings is 1. The summed E-state index contributed by atoms with van der Waals surface area (Å²) in [6, 6.07) is 11.1. The van der Waals surface area contributed by atoms with Gasteiger partial charge in [0, 0.05) is 17.4 Å². The Bertz CT molecular complexity index is 881. The summed E-state index contributed by atoms with van der Waals surface area (Å²) in [6.45, 7) is 12.6. The molecule has 1 aliphatic carbocycles. The fraction of sp³-hybridized carbons (Fsp3) is 0.818. The molecule has 1 aromatic rings. The lowest BCUT2D eigenvalue weighted by atomic mass is 9.72. The highest BCUT2D eigenvalue weighted by Crippen LogP contribution is 2.44. The molecular weight excluding hydrogens is 492 g/mol. The van der Waals surface area contributed by atoms with E-state index in [4.69, 9.17) is 28.4 Å². The van der Waals surface area contributed by atoms with Crippen LogP contribution < -0.4 is 0 Å². The highest BCUT2D eigenvalue weighted by molar-refractivity contribution is 5.24. The molecule has 3 aliphatic heterocycles. The van der Waals surface area contributed by atoms with E-state index in [2.05, 4.69) is 58.0 Å². The Labute approximate surface area is 236 Å². The van der Waals surface area contributed by atoms with Crippen LogP contribution in [0, 0.1) is 16.7 Å². The third-order valence-corrected chi connectivity index (χ3v) is 10.6. The molecule has 4 aliphatic rings. The van der Waals surface area contributed by atoms with Gasteiger partial charge in [0.05, 0.1) is 45.2 Å². The van der Waals surface area contributed by atoms with Crippen LogP contribution in [0.2, 0.25) is 0 Å². The van der Waals surface area contributed by atoms with Crippen LogP contribution in [0.1, 0.15) is 97.5 Å². The first-order valence-electron chi connectivity index (χ1n) is 15.7. The van der Waals surface area contributed by atoms with E-state index >= 15 is 0 Å². The second-order valence-corrected chi connectivity index (χ2v) is 13.2. The van der Waals surface area contributed by atoms with Crippen molar-refractivity contribution in [3.63, 3.8) is 0 Å². The van der Waals surface area contributed by atoms with Gasteiger partial charge in [-0.15, -0.1) is 0 Å². The summed E-state index contributed by atoms with van der Waals surface area (Å²) >= 11 is 0. The number of fused-ring (bicyclic) bond motifs is 1. The molecule has 0 bridgehead atoms. The van der Waals surface area contributed by atoms with Crippen molar-refractivity contribution in [3.8, 4) is 0 Å². The Morgan fingerprint density at radius 3 is 2.08 bits per heavy atom. The molecule has 0 amide bonds. The Balaban J connectivity index is 1.07. The van der Waals surface area contributed by atoms with E-state index in [1.54, 1.807) is 0 Å². The Hall–Kier alpha value is -1.02. The van der Waals surface area contributed by atoms with Crippen LogP contribution in [0.4, 0.5) is 0 Å². The van der Waals surface area contributed by atoms with E-state index in [1.165, 1.54) is 37.7 Å². The maximum atomic E-state index is 6.30. The van der Waals surface area contributed by atoms with Crippen LogP contribution in [0.5, 0.6) is 0 Å². The molecule has 6 nitrogen and oxygen atoms in total. The molecule has 3 saturated heterocycles. The summed E-state index contributed by atoms with van der Waals surface area (Å²) in [5.74, 6) is 0.810. The minimum Gasteiger partial charge on any atom is -0.381 e. The van der Waals surface area contributed by atoms with Gasteiger partial charge in [-0.25, -0.2) is 0 Å². The largest absolute Gasteiger partial charge is 0.412 e. The van der Waals surface area contributed by atoms with Crippen LogP contribution in [-0.2, 0) is 33.8 Å². The zero-order chi connectivity index (χ0) is 27.4. The van der Waals surface area contributed by atoms with Crippen molar-refractivity contribution < 1.29 is 28.4 Å². The molecule has 220 valence electrons. The predicted octanol–water partition coefficient (Wildman–Crippen LogP) is 7.00. The van der Waals surface area contributed by atoms with Crippen LogP contribution in [-0.4, -0.2) is 58.0 Å². The molecule has 0 aromatic heterocycles. The summed E-state index contributed by atoms with van der Waals surface area (Å²) in [4.78, 5) is 0. The Kier molecular flexibility index (Phi) is 9.42. The van der Waals surface area contributed by atoms with Gasteiger partial charge in [-0.2, -0.15) is 0 Å². The van der Waals surface area contributed by atoms with E-state index < -0.39 is 6.16 Å². The second kappa shape index (κ2) is 12.5. The van der Waals surface area contributed by atoms with Crippen molar-refractivity contribution in [3.05, 3.63) is 35.9 Å². The molecule has 4 unspecified atom stereocenters. The molecule has 0 radical (unpaired) electrons. The predicted molar refractivity (Wildman–Crippen MR) is 151 cm³/mol. The summed E-state index contributed by atoms with van der Waals surface area (Å²) < 4.78 is 36.4. The fourth-order valence-electron chi connectivity index (χ4n) is 6.73. The van der Waals surface area contributed by atoms with Gasteiger partial charge in [-0.1, -0.05) is 58.0 Å². The first-order chi connectivity index (χ1) is 18.9. The topological polar surface area (TPSA) is 58.7 Å². The average Bonchev–Trinajstić information content (AvgIpc) is 3.77. The molecule has 39 heavy (non-hydrogen) atoms. The van der Waals surface area contributed by atoms with E-state index in [1.807, 2.05) is 0 Å². The summed E-state index contributed by atoms with van der Waals surface area (Å²) in [6.07, 6.45) is 11.3. The van der Waals surface area contributed by atoms with Crippen molar-refractivity contribution in [1.82, 2.24) is 0 Å². The van der Waals surface area contributed by atoms with Crippen molar-refractivity contribution >= 4 is 0 Å². The molecule has 1 spiro atoms. The molecule has 0 N–H and O–H groups in total. The van der Waals surface area contributed by atoms with Gasteiger partial charge in [0.25, 0.3) is 0 Å². The molecule has 4 fully saturated rings. The van der Waals surface area contributed by atoms with E-state index in [0.29, 0.717) is 45.2 Å². The molecule has 5 rings (SSSR count). The number of ether oxygens (including phenoxy) is 6. The molecule has 3 heterocycles. The highest BCUT2D eigenvalue weighted by Gasteiger charge is 2.52. The van der Waals surface area contributed by atoms with Gasteiger partial charge in [0.2, 0.25) is 0 Å². The third kappa shape index (κ3) is 6.90. The fourth-order valence-corrected chi connectivity index (χ4v) is 6.73. The Morgan fingerprint density at radius 2 is 1.46 bits per heavy atom. The van der Waals surface area contributed by atoms with E-state index in [-0.39, 0.29) is 16.2 Å². The lowest BCUT2D eigenvalue weighted by molar-refractivity contribution is -0.548. The smallest absolute Gasteiger partial charge is 0.381 e. The first-order valence-corrected chi connectivity index (χ1v) is 15.7. The highest BCUT2D eigenvalue weighted by atomic mass is 17.0. The minimum absolute atomic E-state index is 0.0553. The van der Waals surface area contributed by atoms with Gasteiger partial charge in [0.15, 0.2) is 0 Å². The van der Waals surface area contributed by atoms with Crippen molar-refractivity contribution in [1.29, 1.82) is 0 Å². The quantitative estimate of drug-likeness (QED) is 0.197. The van der Waals surface area contributed by atoms with Gasteiger partial charge in [0.1, 0.15) is 0 Å². The SMILES string of the molecule is CCC1(CC)COC2(OC1)OCC(CC)(COCCCC(C)(CCC1CCC3OC3C1)c1ccccc1)CO2. The zero-order valence-corrected chi connectivity index (χ0v) is 24.9. The molecular formula is C33H52O6. The van der Waals surface area contributed by atoms with Gasteiger partial charge in [-0.3, -0.25) is 0 Å². The number of hydrogen-bond acceptors (Lipinski definition) is 6. The summed E-state index contributed by atoms with van der Waals surface area (Å²) in [7, 11) is 0. The number of hydrogen-bond donors (Lipinski definition) is 0. The summed E-state index contributed by atoms with van der Waals surface area (Å²) in [5.41, 5.74) is 1.50. The monoisotopic (exact) mass is 544 g/mol. The minimum atomic E-state index is -1.34. The van der Waals surface area contributed by atoms with Gasteiger partial charge in [-0.05, 0) is 81.1 Å². The normalized spacial score (nSPS) is 30.4. The van der Waals surface area contributed by atoms with Gasteiger partial charge < -0.3 is 28.4 Å². The average molecular weight is 545 g/mol. The first kappa shape index (κ1) is 29.5. The molecule has 4 atom stereocenters. The van der Waals surface area contributed by atoms with Crippen molar-refractivity contribution in [2.75, 3.05) is 39.6 Å². The van der Waals surface area contributed by atoms with E-state index in [9.17, 15) is 0 Å². The number of rotatable bonds is 13. The molecule has 6 heteroatoms. The maximum absolute atomic E-state index is 6.30. The summed E-state index contributed by atoms with van der Waals surface area (Å²) in [5, 5.41) is 0. The van der Waals surface area contributed by atoms with Gasteiger partial charge >= 0.3 is 6.16 Å². The number of epoxide rings is 1.